The van der Waals surface area contributed by atoms with E-state index in [9.17, 15) is 4.79 Å². The van der Waals surface area contributed by atoms with E-state index in [0.717, 1.165) is 0 Å². The van der Waals surface area contributed by atoms with Gasteiger partial charge in [-0.05, 0) is 34.1 Å². The summed E-state index contributed by atoms with van der Waals surface area (Å²) in [5, 5.41) is 17.5. The summed E-state index contributed by atoms with van der Waals surface area (Å²) >= 11 is 3.29. The van der Waals surface area contributed by atoms with Gasteiger partial charge in [0.2, 0.25) is 0 Å². The van der Waals surface area contributed by atoms with Crippen LogP contribution in [0.2, 0.25) is 0 Å². The molecule has 1 aromatic carbocycles. The van der Waals surface area contributed by atoms with E-state index in [1.165, 1.54) is 4.90 Å². The van der Waals surface area contributed by atoms with Gasteiger partial charge in [-0.3, -0.25) is 4.79 Å². The maximum atomic E-state index is 10.7. The molecule has 0 spiro atoms. The van der Waals surface area contributed by atoms with Crippen LogP contribution in [0.1, 0.15) is 5.56 Å². The summed E-state index contributed by atoms with van der Waals surface area (Å²) in [4.78, 5) is 12.2. The molecule has 0 aromatic heterocycles. The number of benzene rings is 1. The Bertz CT molecular complexity index is 514. The van der Waals surface area contributed by atoms with Gasteiger partial charge in [-0.25, -0.2) is 0 Å². The van der Waals surface area contributed by atoms with Crippen molar-refractivity contribution in [2.24, 2.45) is 0 Å². The van der Waals surface area contributed by atoms with Crippen molar-refractivity contribution < 1.29 is 9.90 Å². The van der Waals surface area contributed by atoms with Crippen LogP contribution < -0.4 is 4.90 Å². The Balaban J connectivity index is 3.07. The zero-order chi connectivity index (χ0) is 12.8. The maximum absolute atomic E-state index is 10.7. The second-order valence-electron chi connectivity index (χ2n) is 3.23. The Morgan fingerprint density at radius 2 is 2.29 bits per heavy atom. The molecule has 0 unspecified atom stereocenters. The van der Waals surface area contributed by atoms with Crippen molar-refractivity contribution in [1.29, 1.82) is 5.26 Å². The molecule has 5 heteroatoms. The van der Waals surface area contributed by atoms with E-state index in [2.05, 4.69) is 21.9 Å². The molecule has 0 aliphatic heterocycles. The molecule has 17 heavy (non-hydrogen) atoms. The van der Waals surface area contributed by atoms with E-state index >= 15 is 0 Å². The Hall–Kier alpha value is -1.98. The molecule has 0 radical (unpaired) electrons. The summed E-state index contributed by atoms with van der Waals surface area (Å²) in [5.41, 5.74) is 1.15. The highest BCUT2D eigenvalue weighted by molar-refractivity contribution is 9.10. The van der Waals surface area contributed by atoms with Gasteiger partial charge >= 0.3 is 5.97 Å². The topological polar surface area (TPSA) is 64.3 Å². The second kappa shape index (κ2) is 5.93. The lowest BCUT2D eigenvalue weighted by Gasteiger charge is -2.21. The van der Waals surface area contributed by atoms with Gasteiger partial charge in [0.15, 0.2) is 0 Å². The number of terminal acetylenes is 1. The average molecular weight is 293 g/mol. The monoisotopic (exact) mass is 292 g/mol. The molecule has 1 N–H and O–H groups in total. The summed E-state index contributed by atoms with van der Waals surface area (Å²) in [6.45, 7) is 0.00546. The average Bonchev–Trinajstić information content (AvgIpc) is 2.27. The molecule has 0 aliphatic carbocycles. The minimum Gasteiger partial charge on any atom is -0.480 e. The van der Waals surface area contributed by atoms with Crippen molar-refractivity contribution in [2.45, 2.75) is 0 Å². The predicted octanol–water partition coefficient (Wildman–Crippen LogP) is 1.84. The number of nitrogens with zero attached hydrogens (tertiary/aromatic N) is 2. The molecule has 0 saturated heterocycles. The Morgan fingerprint density at radius 1 is 1.59 bits per heavy atom. The Kier molecular flexibility index (Phi) is 4.56. The molecule has 0 amide bonds. The third-order valence-corrected chi connectivity index (χ3v) is 2.66. The molecule has 86 valence electrons. The van der Waals surface area contributed by atoms with Gasteiger partial charge in [-0.1, -0.05) is 5.92 Å². The van der Waals surface area contributed by atoms with Crippen molar-refractivity contribution in [2.75, 3.05) is 18.0 Å². The fraction of sp³-hybridized carbons (Fsp3) is 0.167. The van der Waals surface area contributed by atoms with Crippen LogP contribution in [0.25, 0.3) is 0 Å². The van der Waals surface area contributed by atoms with Crippen LogP contribution in [-0.4, -0.2) is 24.2 Å². The normalized spacial score (nSPS) is 9.12. The van der Waals surface area contributed by atoms with Crippen LogP contribution in [-0.2, 0) is 4.79 Å². The molecule has 1 aromatic rings. The van der Waals surface area contributed by atoms with Crippen molar-refractivity contribution in [3.63, 3.8) is 0 Å². The summed E-state index contributed by atoms with van der Waals surface area (Å²) < 4.78 is 0.646. The third kappa shape index (κ3) is 3.51. The van der Waals surface area contributed by atoms with E-state index in [-0.39, 0.29) is 13.1 Å². The highest BCUT2D eigenvalue weighted by atomic mass is 79.9. The molecule has 4 nitrogen and oxygen atoms in total. The van der Waals surface area contributed by atoms with Crippen LogP contribution in [0.4, 0.5) is 5.69 Å². The molecule has 0 aliphatic rings. The fourth-order valence-corrected chi connectivity index (χ4v) is 1.96. The zero-order valence-electron chi connectivity index (χ0n) is 8.85. The molecule has 0 saturated carbocycles. The van der Waals surface area contributed by atoms with Crippen LogP contribution >= 0.6 is 15.9 Å². The molecule has 0 atom stereocenters. The maximum Gasteiger partial charge on any atom is 0.323 e. The van der Waals surface area contributed by atoms with Crippen LogP contribution in [0.3, 0.4) is 0 Å². The lowest BCUT2D eigenvalue weighted by molar-refractivity contribution is -0.135. The molecule has 0 heterocycles. The highest BCUT2D eigenvalue weighted by Crippen LogP contribution is 2.26. The first-order valence-corrected chi connectivity index (χ1v) is 5.47. The lowest BCUT2D eigenvalue weighted by Crippen LogP contribution is -2.30. The minimum atomic E-state index is -0.962. The number of carboxylic acid groups (broad SMARTS) is 1. The summed E-state index contributed by atoms with van der Waals surface area (Å²) in [7, 11) is 0. The molecular weight excluding hydrogens is 284 g/mol. The first-order valence-electron chi connectivity index (χ1n) is 4.68. The third-order valence-electron chi connectivity index (χ3n) is 2.03. The van der Waals surface area contributed by atoms with Gasteiger partial charge < -0.3 is 10.0 Å². The molecule has 0 fully saturated rings. The van der Waals surface area contributed by atoms with Gasteiger partial charge in [0.25, 0.3) is 0 Å². The highest BCUT2D eigenvalue weighted by Gasteiger charge is 2.12. The summed E-state index contributed by atoms with van der Waals surface area (Å²) in [6.07, 6.45) is 5.20. The first-order chi connectivity index (χ1) is 8.08. The van der Waals surface area contributed by atoms with Crippen molar-refractivity contribution in [3.05, 3.63) is 28.2 Å². The molecule has 1 rings (SSSR count). The van der Waals surface area contributed by atoms with Crippen LogP contribution in [0.15, 0.2) is 22.7 Å². The largest absolute Gasteiger partial charge is 0.480 e. The number of halogens is 1. The van der Waals surface area contributed by atoms with Crippen molar-refractivity contribution in [3.8, 4) is 18.4 Å². The number of nitriles is 1. The van der Waals surface area contributed by atoms with Gasteiger partial charge in [-0.15, -0.1) is 6.42 Å². The molecular formula is C12H9BrN2O2. The van der Waals surface area contributed by atoms with Gasteiger partial charge in [0, 0.05) is 4.47 Å². The van der Waals surface area contributed by atoms with Crippen LogP contribution in [0.5, 0.6) is 0 Å². The van der Waals surface area contributed by atoms with E-state index in [4.69, 9.17) is 16.8 Å². The Labute approximate surface area is 108 Å². The zero-order valence-corrected chi connectivity index (χ0v) is 10.4. The fourth-order valence-electron chi connectivity index (χ4n) is 1.33. The number of hydrogen-bond acceptors (Lipinski definition) is 3. The number of carboxylic acids is 1. The smallest absolute Gasteiger partial charge is 0.323 e. The first kappa shape index (κ1) is 13.1. The SMILES string of the molecule is C#CCN(CC(=O)O)c1ccc(C#N)cc1Br. The number of anilines is 1. The second-order valence-corrected chi connectivity index (χ2v) is 4.09. The predicted molar refractivity (Wildman–Crippen MR) is 67.5 cm³/mol. The van der Waals surface area contributed by atoms with E-state index in [1.54, 1.807) is 18.2 Å². The summed E-state index contributed by atoms with van der Waals surface area (Å²) in [5.74, 6) is 1.44. The number of aliphatic carboxylic acids is 1. The van der Waals surface area contributed by atoms with Gasteiger partial charge in [-0.2, -0.15) is 5.26 Å². The van der Waals surface area contributed by atoms with E-state index < -0.39 is 5.97 Å². The van der Waals surface area contributed by atoms with Crippen molar-refractivity contribution in [1.82, 2.24) is 0 Å². The minimum absolute atomic E-state index is 0.186. The van der Waals surface area contributed by atoms with Crippen LogP contribution in [0, 0.1) is 23.7 Å². The summed E-state index contributed by atoms with van der Waals surface area (Å²) in [6, 6.07) is 6.91. The quantitative estimate of drug-likeness (QED) is 0.860. The standard InChI is InChI=1S/C12H9BrN2O2/c1-2-5-15(8-12(16)17)11-4-3-9(7-14)6-10(11)13/h1,3-4,6H,5,8H2,(H,16,17). The number of rotatable bonds is 4. The number of hydrogen-bond donors (Lipinski definition) is 1. The lowest BCUT2D eigenvalue weighted by atomic mass is 10.2. The van der Waals surface area contributed by atoms with Gasteiger partial charge in [0.05, 0.1) is 23.9 Å². The Morgan fingerprint density at radius 3 is 2.76 bits per heavy atom. The van der Waals surface area contributed by atoms with E-state index in [1.807, 2.05) is 6.07 Å². The number of carbonyl (C=O) groups is 1. The van der Waals surface area contributed by atoms with E-state index in [0.29, 0.717) is 15.7 Å². The molecule has 0 bridgehead atoms. The van der Waals surface area contributed by atoms with Gasteiger partial charge in [0.1, 0.15) is 6.54 Å². The van der Waals surface area contributed by atoms with Crippen molar-refractivity contribution >= 4 is 27.6 Å².